The van der Waals surface area contributed by atoms with E-state index in [1.54, 1.807) is 0 Å². The molecular formula is C11H17ClOSi. The minimum absolute atomic E-state index is 0.227. The van der Waals surface area contributed by atoms with Crippen LogP contribution in [0.3, 0.4) is 0 Å². The summed E-state index contributed by atoms with van der Waals surface area (Å²) >= 11 is 5.71. The van der Waals surface area contributed by atoms with Crippen LogP contribution in [0.5, 0.6) is 0 Å². The van der Waals surface area contributed by atoms with Crippen molar-refractivity contribution >= 4 is 21.4 Å². The lowest BCUT2D eigenvalue weighted by Gasteiger charge is -2.03. The zero-order valence-electron chi connectivity index (χ0n) is 8.63. The van der Waals surface area contributed by atoms with Gasteiger partial charge in [-0.3, -0.25) is 0 Å². The van der Waals surface area contributed by atoms with E-state index in [2.05, 4.69) is 31.2 Å². The molecule has 14 heavy (non-hydrogen) atoms. The number of alkyl halides is 1. The average Bonchev–Trinajstić information content (AvgIpc) is 2.25. The molecular weight excluding hydrogens is 212 g/mol. The van der Waals surface area contributed by atoms with Gasteiger partial charge >= 0.3 is 0 Å². The predicted molar refractivity (Wildman–Crippen MR) is 64.7 cm³/mol. The number of rotatable bonds is 6. The van der Waals surface area contributed by atoms with Crippen molar-refractivity contribution in [3.05, 3.63) is 35.4 Å². The van der Waals surface area contributed by atoms with Gasteiger partial charge in [-0.25, -0.2) is 0 Å². The molecule has 78 valence electrons. The van der Waals surface area contributed by atoms with Crippen molar-refractivity contribution in [2.75, 3.05) is 6.61 Å². The molecule has 0 N–H and O–H groups in total. The molecule has 0 radical (unpaired) electrons. The maximum atomic E-state index is 5.71. The summed E-state index contributed by atoms with van der Waals surface area (Å²) in [7, 11) is -0.227. The molecule has 1 rings (SSSR count). The van der Waals surface area contributed by atoms with E-state index in [0.717, 1.165) is 13.0 Å². The normalized spacial score (nSPS) is 11.3. The summed E-state index contributed by atoms with van der Waals surface area (Å²) in [5.74, 6) is 0.597. The molecule has 0 saturated heterocycles. The number of halogens is 1. The van der Waals surface area contributed by atoms with Gasteiger partial charge in [0, 0.05) is 12.5 Å². The van der Waals surface area contributed by atoms with Crippen LogP contribution in [0, 0.1) is 0 Å². The largest absolute Gasteiger partial charge is 0.424 e. The number of benzene rings is 1. The van der Waals surface area contributed by atoms with Gasteiger partial charge in [0.05, 0.1) is 0 Å². The van der Waals surface area contributed by atoms with Crippen molar-refractivity contribution in [3.8, 4) is 0 Å². The van der Waals surface area contributed by atoms with Crippen LogP contribution in [0.2, 0.25) is 6.04 Å². The Kier molecular flexibility index (Phi) is 5.92. The smallest absolute Gasteiger partial charge is 0.161 e. The van der Waals surface area contributed by atoms with E-state index in [-0.39, 0.29) is 9.76 Å². The molecule has 1 aromatic rings. The van der Waals surface area contributed by atoms with Crippen LogP contribution in [-0.4, -0.2) is 16.4 Å². The van der Waals surface area contributed by atoms with E-state index in [0.29, 0.717) is 5.88 Å². The van der Waals surface area contributed by atoms with Crippen molar-refractivity contribution in [3.63, 3.8) is 0 Å². The van der Waals surface area contributed by atoms with Crippen LogP contribution in [0.15, 0.2) is 24.3 Å². The summed E-state index contributed by atoms with van der Waals surface area (Å²) in [4.78, 5) is 0. The first-order valence-electron chi connectivity index (χ1n) is 5.08. The van der Waals surface area contributed by atoms with Gasteiger partial charge in [-0.05, 0) is 23.6 Å². The first-order valence-corrected chi connectivity index (χ1v) is 7.19. The van der Waals surface area contributed by atoms with E-state index in [1.165, 1.54) is 17.2 Å². The first kappa shape index (κ1) is 11.8. The highest BCUT2D eigenvalue weighted by atomic mass is 35.5. The van der Waals surface area contributed by atoms with Crippen molar-refractivity contribution in [2.45, 2.75) is 25.3 Å². The van der Waals surface area contributed by atoms with E-state index >= 15 is 0 Å². The number of hydrogen-bond donors (Lipinski definition) is 0. The van der Waals surface area contributed by atoms with Crippen LogP contribution < -0.4 is 0 Å². The van der Waals surface area contributed by atoms with Gasteiger partial charge < -0.3 is 4.43 Å². The lowest BCUT2D eigenvalue weighted by molar-refractivity contribution is 0.340. The monoisotopic (exact) mass is 228 g/mol. The van der Waals surface area contributed by atoms with Gasteiger partial charge in [0.2, 0.25) is 0 Å². The third-order valence-electron chi connectivity index (χ3n) is 2.06. The highest BCUT2D eigenvalue weighted by Crippen LogP contribution is 2.07. The van der Waals surface area contributed by atoms with Crippen LogP contribution in [-0.2, 0) is 16.7 Å². The summed E-state index contributed by atoms with van der Waals surface area (Å²) in [6.45, 7) is 3.06. The Morgan fingerprint density at radius 1 is 1.21 bits per heavy atom. The van der Waals surface area contributed by atoms with Crippen LogP contribution >= 0.6 is 11.6 Å². The lowest BCUT2D eigenvalue weighted by atomic mass is 10.1. The molecule has 0 bridgehead atoms. The Labute approximate surface area is 93.4 Å². The second-order valence-electron chi connectivity index (χ2n) is 3.31. The highest BCUT2D eigenvalue weighted by molar-refractivity contribution is 6.26. The average molecular weight is 229 g/mol. The van der Waals surface area contributed by atoms with E-state index in [4.69, 9.17) is 16.0 Å². The summed E-state index contributed by atoms with van der Waals surface area (Å²) in [6, 6.07) is 9.66. The topological polar surface area (TPSA) is 9.23 Å². The molecule has 0 atom stereocenters. The SMILES string of the molecule is CC[SiH2]OCCc1ccc(CCl)cc1. The molecule has 1 nitrogen and oxygen atoms in total. The second-order valence-corrected chi connectivity index (χ2v) is 5.40. The first-order chi connectivity index (χ1) is 6.86. The number of hydrogen-bond acceptors (Lipinski definition) is 1. The predicted octanol–water partition coefficient (Wildman–Crippen LogP) is 2.51. The van der Waals surface area contributed by atoms with Crippen LogP contribution in [0.4, 0.5) is 0 Å². The molecule has 0 aliphatic rings. The minimum atomic E-state index is -0.227. The Morgan fingerprint density at radius 3 is 2.43 bits per heavy atom. The van der Waals surface area contributed by atoms with Crippen LogP contribution in [0.25, 0.3) is 0 Å². The zero-order valence-corrected chi connectivity index (χ0v) is 10.8. The van der Waals surface area contributed by atoms with Gasteiger partial charge in [-0.15, -0.1) is 11.6 Å². The Morgan fingerprint density at radius 2 is 1.86 bits per heavy atom. The summed E-state index contributed by atoms with van der Waals surface area (Å²) in [6.07, 6.45) is 1.02. The fourth-order valence-electron chi connectivity index (χ4n) is 1.23. The molecule has 0 heterocycles. The maximum Gasteiger partial charge on any atom is 0.161 e. The molecule has 0 fully saturated rings. The molecule has 0 amide bonds. The molecule has 0 saturated carbocycles. The van der Waals surface area contributed by atoms with Gasteiger partial charge in [0.1, 0.15) is 0 Å². The lowest BCUT2D eigenvalue weighted by Crippen LogP contribution is -2.01. The third-order valence-corrected chi connectivity index (χ3v) is 3.36. The summed E-state index contributed by atoms with van der Waals surface area (Å²) in [5, 5.41) is 0. The minimum Gasteiger partial charge on any atom is -0.424 e. The van der Waals surface area contributed by atoms with Crippen molar-refractivity contribution in [1.29, 1.82) is 0 Å². The fourth-order valence-corrected chi connectivity index (χ4v) is 2.05. The fraction of sp³-hybridized carbons (Fsp3) is 0.455. The van der Waals surface area contributed by atoms with Gasteiger partial charge in [-0.2, -0.15) is 0 Å². The Balaban J connectivity index is 2.29. The third kappa shape index (κ3) is 4.27. The van der Waals surface area contributed by atoms with Gasteiger partial charge in [-0.1, -0.05) is 31.2 Å². The summed E-state index contributed by atoms with van der Waals surface area (Å²) in [5.41, 5.74) is 2.52. The quantitative estimate of drug-likeness (QED) is 0.413. The van der Waals surface area contributed by atoms with E-state index < -0.39 is 0 Å². The molecule has 3 heteroatoms. The highest BCUT2D eigenvalue weighted by Gasteiger charge is 1.94. The molecule has 0 aromatic heterocycles. The van der Waals surface area contributed by atoms with Crippen molar-refractivity contribution in [2.24, 2.45) is 0 Å². The standard InChI is InChI=1S/C11H17ClOSi/c1-2-14-13-8-7-10-3-5-11(9-12)6-4-10/h3-6H,2,7-9,14H2,1H3. The molecule has 0 aliphatic carbocycles. The van der Waals surface area contributed by atoms with E-state index in [1.807, 2.05) is 0 Å². The van der Waals surface area contributed by atoms with E-state index in [9.17, 15) is 0 Å². The maximum absolute atomic E-state index is 5.71. The van der Waals surface area contributed by atoms with Crippen molar-refractivity contribution < 1.29 is 4.43 Å². The van der Waals surface area contributed by atoms with Gasteiger partial charge in [0.15, 0.2) is 9.76 Å². The molecule has 0 spiro atoms. The van der Waals surface area contributed by atoms with Gasteiger partial charge in [0.25, 0.3) is 0 Å². The second kappa shape index (κ2) is 7.04. The summed E-state index contributed by atoms with van der Waals surface area (Å²) < 4.78 is 5.56. The zero-order chi connectivity index (χ0) is 10.2. The Hall–Kier alpha value is -0.313. The Bertz CT molecular complexity index is 248. The molecule has 1 aromatic carbocycles. The molecule has 0 unspecified atom stereocenters. The van der Waals surface area contributed by atoms with Crippen LogP contribution in [0.1, 0.15) is 18.1 Å². The van der Waals surface area contributed by atoms with Crippen molar-refractivity contribution in [1.82, 2.24) is 0 Å². The molecule has 0 aliphatic heterocycles.